The van der Waals surface area contributed by atoms with Gasteiger partial charge in [-0.3, -0.25) is 4.57 Å². The third kappa shape index (κ3) is 1.71. The molecule has 0 N–H and O–H groups in total. The van der Waals surface area contributed by atoms with E-state index in [2.05, 4.69) is 4.98 Å². The van der Waals surface area contributed by atoms with Gasteiger partial charge in [0.1, 0.15) is 18.5 Å². The van der Waals surface area contributed by atoms with Gasteiger partial charge in [0.2, 0.25) is 0 Å². The summed E-state index contributed by atoms with van der Waals surface area (Å²) in [5, 5.41) is 26.4. The molecular formula is C12H5N5. The molecule has 17 heavy (non-hydrogen) atoms. The minimum atomic E-state index is 0.0943. The summed E-state index contributed by atoms with van der Waals surface area (Å²) in [5.41, 5.74) is 1.51. The maximum absolute atomic E-state index is 8.97. The number of nitriles is 3. The van der Waals surface area contributed by atoms with E-state index < -0.39 is 0 Å². The van der Waals surface area contributed by atoms with Gasteiger partial charge >= 0.3 is 0 Å². The lowest BCUT2D eigenvalue weighted by atomic mass is 10.2. The zero-order valence-electron chi connectivity index (χ0n) is 8.62. The van der Waals surface area contributed by atoms with Gasteiger partial charge in [0, 0.05) is 5.69 Å². The van der Waals surface area contributed by atoms with Crippen LogP contribution in [0.15, 0.2) is 30.6 Å². The monoisotopic (exact) mass is 219 g/mol. The predicted octanol–water partition coefficient (Wildman–Crippen LogP) is 1.49. The van der Waals surface area contributed by atoms with Crippen molar-refractivity contribution in [1.29, 1.82) is 15.8 Å². The van der Waals surface area contributed by atoms with Crippen LogP contribution in [0, 0.1) is 34.0 Å². The van der Waals surface area contributed by atoms with E-state index in [1.165, 1.54) is 10.9 Å². The lowest BCUT2D eigenvalue weighted by molar-refractivity contribution is 1.03. The second-order valence-corrected chi connectivity index (χ2v) is 3.19. The molecule has 78 valence electrons. The highest BCUT2D eigenvalue weighted by molar-refractivity contribution is 5.46. The molecule has 0 aliphatic heterocycles. The first kappa shape index (κ1) is 10.4. The molecule has 0 aliphatic rings. The summed E-state index contributed by atoms with van der Waals surface area (Å²) in [4.78, 5) is 3.84. The summed E-state index contributed by atoms with van der Waals surface area (Å²) in [5.74, 6) is 0. The second-order valence-electron chi connectivity index (χ2n) is 3.19. The number of aromatic nitrogens is 2. The van der Waals surface area contributed by atoms with Crippen molar-refractivity contribution in [3.8, 4) is 23.9 Å². The summed E-state index contributed by atoms with van der Waals surface area (Å²) < 4.78 is 1.51. The van der Waals surface area contributed by atoms with E-state index in [0.29, 0.717) is 11.3 Å². The van der Waals surface area contributed by atoms with Crippen molar-refractivity contribution in [2.75, 3.05) is 0 Å². The SMILES string of the molecule is N#Cc1ccc(-n2cnc(C#N)c2C#N)cc1. The Morgan fingerprint density at radius 1 is 0.941 bits per heavy atom. The van der Waals surface area contributed by atoms with Gasteiger partial charge in [0.05, 0.1) is 11.6 Å². The van der Waals surface area contributed by atoms with Crippen LogP contribution >= 0.6 is 0 Å². The molecule has 1 aromatic heterocycles. The topological polar surface area (TPSA) is 89.2 Å². The Balaban J connectivity index is 2.55. The van der Waals surface area contributed by atoms with E-state index >= 15 is 0 Å². The van der Waals surface area contributed by atoms with Gasteiger partial charge in [-0.2, -0.15) is 15.8 Å². The molecule has 0 fully saturated rings. The molecule has 1 aromatic carbocycles. The number of imidazole rings is 1. The first-order chi connectivity index (χ1) is 8.30. The summed E-state index contributed by atoms with van der Waals surface area (Å²) in [6, 6.07) is 12.5. The first-order valence-electron chi connectivity index (χ1n) is 4.68. The normalized spacial score (nSPS) is 9.00. The molecule has 0 unspecified atom stereocenters. The average molecular weight is 219 g/mol. The van der Waals surface area contributed by atoms with Crippen LogP contribution in [0.1, 0.15) is 17.0 Å². The van der Waals surface area contributed by atoms with Gasteiger partial charge < -0.3 is 0 Å². The molecule has 0 saturated carbocycles. The Morgan fingerprint density at radius 2 is 1.65 bits per heavy atom. The summed E-state index contributed by atoms with van der Waals surface area (Å²) in [6.07, 6.45) is 1.42. The van der Waals surface area contributed by atoms with Gasteiger partial charge in [-0.1, -0.05) is 0 Å². The van der Waals surface area contributed by atoms with Crippen LogP contribution in [0.3, 0.4) is 0 Å². The molecule has 5 nitrogen and oxygen atoms in total. The van der Waals surface area contributed by atoms with E-state index in [9.17, 15) is 0 Å². The Hall–Kier alpha value is -3.10. The van der Waals surface area contributed by atoms with Gasteiger partial charge in [-0.05, 0) is 24.3 Å². The minimum absolute atomic E-state index is 0.0943. The molecule has 0 spiro atoms. The molecule has 0 amide bonds. The van der Waals surface area contributed by atoms with E-state index in [-0.39, 0.29) is 11.4 Å². The smallest absolute Gasteiger partial charge is 0.177 e. The van der Waals surface area contributed by atoms with E-state index in [1.54, 1.807) is 24.3 Å². The number of rotatable bonds is 1. The molecule has 1 heterocycles. The molecule has 0 bridgehead atoms. The Bertz CT molecular complexity index is 674. The van der Waals surface area contributed by atoms with E-state index in [0.717, 1.165) is 0 Å². The van der Waals surface area contributed by atoms with Crippen LogP contribution < -0.4 is 0 Å². The van der Waals surface area contributed by atoms with Crippen LogP contribution in [-0.2, 0) is 0 Å². The van der Waals surface area contributed by atoms with Crippen molar-refractivity contribution in [3.63, 3.8) is 0 Å². The van der Waals surface area contributed by atoms with Crippen molar-refractivity contribution >= 4 is 0 Å². The first-order valence-corrected chi connectivity index (χ1v) is 4.68. The number of hydrogen-bond acceptors (Lipinski definition) is 4. The summed E-state index contributed by atoms with van der Waals surface area (Å²) in [7, 11) is 0. The maximum atomic E-state index is 8.97. The quantitative estimate of drug-likeness (QED) is 0.726. The van der Waals surface area contributed by atoms with Crippen LogP contribution in [0.4, 0.5) is 0 Å². The summed E-state index contributed by atoms with van der Waals surface area (Å²) in [6.45, 7) is 0. The number of nitrogens with zero attached hydrogens (tertiary/aromatic N) is 5. The average Bonchev–Trinajstić information content (AvgIpc) is 2.81. The van der Waals surface area contributed by atoms with Crippen molar-refractivity contribution in [3.05, 3.63) is 47.5 Å². The zero-order valence-corrected chi connectivity index (χ0v) is 8.62. The van der Waals surface area contributed by atoms with Crippen LogP contribution in [0.2, 0.25) is 0 Å². The minimum Gasteiger partial charge on any atom is -0.289 e. The lowest BCUT2D eigenvalue weighted by Crippen LogP contribution is -1.96. The molecule has 0 atom stereocenters. The third-order valence-electron chi connectivity index (χ3n) is 2.25. The van der Waals surface area contributed by atoms with Crippen molar-refractivity contribution < 1.29 is 0 Å². The Morgan fingerprint density at radius 3 is 2.18 bits per heavy atom. The standard InChI is InChI=1S/C12H5N5/c13-5-9-1-3-10(4-2-9)17-8-16-11(6-14)12(17)7-15/h1-4,8H. The molecule has 2 aromatic rings. The van der Waals surface area contributed by atoms with Gasteiger partial charge in [0.15, 0.2) is 11.4 Å². The van der Waals surface area contributed by atoms with Gasteiger partial charge in [0.25, 0.3) is 0 Å². The Labute approximate surface area is 97.4 Å². The van der Waals surface area contributed by atoms with E-state index in [4.69, 9.17) is 15.8 Å². The maximum Gasteiger partial charge on any atom is 0.177 e. The van der Waals surface area contributed by atoms with Crippen LogP contribution in [0.5, 0.6) is 0 Å². The molecule has 2 rings (SSSR count). The molecule has 0 saturated heterocycles. The van der Waals surface area contributed by atoms with Crippen molar-refractivity contribution in [2.24, 2.45) is 0 Å². The lowest BCUT2D eigenvalue weighted by Gasteiger charge is -2.02. The van der Waals surface area contributed by atoms with Gasteiger partial charge in [-0.25, -0.2) is 4.98 Å². The molecule has 5 heteroatoms. The number of hydrogen-bond donors (Lipinski definition) is 0. The highest BCUT2D eigenvalue weighted by Gasteiger charge is 2.10. The predicted molar refractivity (Wildman–Crippen MR) is 57.7 cm³/mol. The zero-order chi connectivity index (χ0) is 12.3. The molecular weight excluding hydrogens is 214 g/mol. The Kier molecular flexibility index (Phi) is 2.56. The third-order valence-corrected chi connectivity index (χ3v) is 2.25. The fraction of sp³-hybridized carbons (Fsp3) is 0. The second kappa shape index (κ2) is 4.18. The fourth-order valence-electron chi connectivity index (χ4n) is 1.43. The van der Waals surface area contributed by atoms with E-state index in [1.807, 2.05) is 18.2 Å². The number of benzene rings is 1. The van der Waals surface area contributed by atoms with Crippen molar-refractivity contribution in [2.45, 2.75) is 0 Å². The largest absolute Gasteiger partial charge is 0.289 e. The van der Waals surface area contributed by atoms with Crippen LogP contribution in [0.25, 0.3) is 5.69 Å². The molecule has 0 aliphatic carbocycles. The van der Waals surface area contributed by atoms with Crippen LogP contribution in [-0.4, -0.2) is 9.55 Å². The van der Waals surface area contributed by atoms with Crippen molar-refractivity contribution in [1.82, 2.24) is 9.55 Å². The highest BCUT2D eigenvalue weighted by atomic mass is 15.1. The van der Waals surface area contributed by atoms with Gasteiger partial charge in [-0.15, -0.1) is 0 Å². The molecule has 0 radical (unpaired) electrons. The fourth-order valence-corrected chi connectivity index (χ4v) is 1.43. The highest BCUT2D eigenvalue weighted by Crippen LogP contribution is 2.14. The summed E-state index contributed by atoms with van der Waals surface area (Å²) >= 11 is 0.